The summed E-state index contributed by atoms with van der Waals surface area (Å²) in [6.07, 6.45) is 4.18. The van der Waals surface area contributed by atoms with E-state index in [1.807, 2.05) is 13.8 Å². The summed E-state index contributed by atoms with van der Waals surface area (Å²) in [6.45, 7) is 12.6. The third kappa shape index (κ3) is 7.82. The van der Waals surface area contributed by atoms with Crippen LogP contribution in [-0.4, -0.2) is 49.7 Å². The van der Waals surface area contributed by atoms with E-state index in [2.05, 4.69) is 38.0 Å². The molecule has 0 aromatic rings. The third-order valence-corrected chi connectivity index (χ3v) is 4.21. The molecule has 0 aliphatic carbocycles. The Morgan fingerprint density at radius 1 is 1.29 bits per heavy atom. The van der Waals surface area contributed by atoms with Crippen molar-refractivity contribution in [2.24, 2.45) is 5.92 Å². The highest BCUT2D eigenvalue weighted by atomic mass is 16.5. The summed E-state index contributed by atoms with van der Waals surface area (Å²) in [5, 5.41) is 3.26. The van der Waals surface area contributed by atoms with Gasteiger partial charge in [0.25, 0.3) is 0 Å². The molecule has 0 saturated heterocycles. The SMILES string of the molecule is CCNC(C)(CCCCN(C)C(C)CC(C)C)C(=O)OC. The minimum absolute atomic E-state index is 0.161. The van der Waals surface area contributed by atoms with Crippen molar-refractivity contribution in [1.82, 2.24) is 10.2 Å². The van der Waals surface area contributed by atoms with E-state index in [0.29, 0.717) is 6.04 Å². The van der Waals surface area contributed by atoms with Crippen LogP contribution in [0.1, 0.15) is 60.3 Å². The van der Waals surface area contributed by atoms with Gasteiger partial charge < -0.3 is 15.0 Å². The molecule has 1 N–H and O–H groups in total. The second-order valence-electron chi connectivity index (χ2n) is 6.77. The molecule has 0 heterocycles. The van der Waals surface area contributed by atoms with Crippen LogP contribution in [0.4, 0.5) is 0 Å². The quantitative estimate of drug-likeness (QED) is 0.470. The van der Waals surface area contributed by atoms with Crippen molar-refractivity contribution in [1.29, 1.82) is 0 Å². The molecule has 0 bridgehead atoms. The number of hydrogen-bond donors (Lipinski definition) is 1. The maximum Gasteiger partial charge on any atom is 0.325 e. The zero-order valence-electron chi connectivity index (χ0n) is 15.2. The molecular weight excluding hydrogens is 264 g/mol. The van der Waals surface area contributed by atoms with Crippen molar-refractivity contribution < 1.29 is 9.53 Å². The van der Waals surface area contributed by atoms with Crippen molar-refractivity contribution in [3.05, 3.63) is 0 Å². The van der Waals surface area contributed by atoms with E-state index in [0.717, 1.165) is 38.3 Å². The molecule has 0 amide bonds. The average molecular weight is 300 g/mol. The number of carbonyl (C=O) groups excluding carboxylic acids is 1. The Morgan fingerprint density at radius 3 is 2.38 bits per heavy atom. The largest absolute Gasteiger partial charge is 0.468 e. The standard InChI is InChI=1S/C17H36N2O2/c1-8-18-17(5,16(20)21-7)11-9-10-12-19(6)15(4)13-14(2)3/h14-15,18H,8-13H2,1-7H3. The first-order valence-corrected chi connectivity index (χ1v) is 8.30. The molecule has 0 aliphatic rings. The smallest absolute Gasteiger partial charge is 0.325 e. The fraction of sp³-hybridized carbons (Fsp3) is 0.941. The zero-order valence-corrected chi connectivity index (χ0v) is 15.2. The number of esters is 1. The molecule has 0 rings (SSSR count). The molecule has 2 atom stereocenters. The van der Waals surface area contributed by atoms with E-state index >= 15 is 0 Å². The topological polar surface area (TPSA) is 41.6 Å². The molecular formula is C17H36N2O2. The lowest BCUT2D eigenvalue weighted by molar-refractivity contribution is -0.148. The van der Waals surface area contributed by atoms with Crippen LogP contribution in [0, 0.1) is 5.92 Å². The molecule has 0 saturated carbocycles. The van der Waals surface area contributed by atoms with Crippen LogP contribution in [0.3, 0.4) is 0 Å². The Labute approximate surface area is 131 Å². The molecule has 21 heavy (non-hydrogen) atoms. The molecule has 0 aromatic heterocycles. The lowest BCUT2D eigenvalue weighted by atomic mass is 9.94. The number of rotatable bonds is 11. The van der Waals surface area contributed by atoms with E-state index in [9.17, 15) is 4.79 Å². The van der Waals surface area contributed by atoms with Crippen molar-refractivity contribution in [3.8, 4) is 0 Å². The highest BCUT2D eigenvalue weighted by Crippen LogP contribution is 2.17. The van der Waals surface area contributed by atoms with E-state index in [1.54, 1.807) is 0 Å². The van der Waals surface area contributed by atoms with Gasteiger partial charge in [-0.15, -0.1) is 0 Å². The number of ether oxygens (including phenoxy) is 1. The van der Waals surface area contributed by atoms with Gasteiger partial charge in [0.15, 0.2) is 0 Å². The van der Waals surface area contributed by atoms with Gasteiger partial charge in [-0.05, 0) is 65.6 Å². The van der Waals surface area contributed by atoms with Gasteiger partial charge in [-0.2, -0.15) is 0 Å². The first-order chi connectivity index (χ1) is 9.76. The zero-order chi connectivity index (χ0) is 16.5. The monoisotopic (exact) mass is 300 g/mol. The Morgan fingerprint density at radius 2 is 1.90 bits per heavy atom. The molecule has 126 valence electrons. The Kier molecular flexibility index (Phi) is 9.88. The summed E-state index contributed by atoms with van der Waals surface area (Å²) in [7, 11) is 3.65. The lowest BCUT2D eigenvalue weighted by Crippen LogP contribution is -2.50. The number of unbranched alkanes of at least 4 members (excludes halogenated alkanes) is 1. The van der Waals surface area contributed by atoms with Gasteiger partial charge in [0, 0.05) is 6.04 Å². The number of nitrogens with zero attached hydrogens (tertiary/aromatic N) is 1. The molecule has 0 fully saturated rings. The normalized spacial score (nSPS) is 16.0. The van der Waals surface area contributed by atoms with Crippen LogP contribution < -0.4 is 5.32 Å². The maximum atomic E-state index is 11.9. The second kappa shape index (κ2) is 10.2. The molecule has 2 unspecified atom stereocenters. The van der Waals surface area contributed by atoms with E-state index in [1.165, 1.54) is 13.5 Å². The van der Waals surface area contributed by atoms with Crippen LogP contribution in [-0.2, 0) is 9.53 Å². The first-order valence-electron chi connectivity index (χ1n) is 8.30. The van der Waals surface area contributed by atoms with Crippen LogP contribution >= 0.6 is 0 Å². The Hall–Kier alpha value is -0.610. The second-order valence-corrected chi connectivity index (χ2v) is 6.77. The number of methoxy groups -OCH3 is 1. The van der Waals surface area contributed by atoms with Gasteiger partial charge in [-0.3, -0.25) is 4.79 Å². The predicted molar refractivity (Wildman–Crippen MR) is 89.5 cm³/mol. The van der Waals surface area contributed by atoms with Gasteiger partial charge in [0.05, 0.1) is 7.11 Å². The highest BCUT2D eigenvalue weighted by molar-refractivity contribution is 5.80. The molecule has 4 heteroatoms. The number of hydrogen-bond acceptors (Lipinski definition) is 4. The van der Waals surface area contributed by atoms with Crippen molar-refractivity contribution >= 4 is 5.97 Å². The van der Waals surface area contributed by atoms with Crippen molar-refractivity contribution in [3.63, 3.8) is 0 Å². The van der Waals surface area contributed by atoms with Gasteiger partial charge in [0.2, 0.25) is 0 Å². The van der Waals surface area contributed by atoms with Crippen LogP contribution in [0.5, 0.6) is 0 Å². The van der Waals surface area contributed by atoms with Crippen LogP contribution in [0.15, 0.2) is 0 Å². The predicted octanol–water partition coefficient (Wildman–Crippen LogP) is 3.06. The van der Waals surface area contributed by atoms with Gasteiger partial charge in [-0.1, -0.05) is 20.8 Å². The number of nitrogens with one attached hydrogen (secondary N) is 1. The summed E-state index contributed by atoms with van der Waals surface area (Å²) in [5.41, 5.74) is -0.550. The highest BCUT2D eigenvalue weighted by Gasteiger charge is 2.32. The third-order valence-electron chi connectivity index (χ3n) is 4.21. The Bertz CT molecular complexity index is 295. The summed E-state index contributed by atoms with van der Waals surface area (Å²) in [4.78, 5) is 14.3. The van der Waals surface area contributed by atoms with E-state index in [-0.39, 0.29) is 5.97 Å². The van der Waals surface area contributed by atoms with Gasteiger partial charge in [0.1, 0.15) is 5.54 Å². The van der Waals surface area contributed by atoms with Gasteiger partial charge >= 0.3 is 5.97 Å². The maximum absolute atomic E-state index is 11.9. The van der Waals surface area contributed by atoms with Crippen LogP contribution in [0.25, 0.3) is 0 Å². The van der Waals surface area contributed by atoms with Crippen molar-refractivity contribution in [2.45, 2.75) is 71.9 Å². The summed E-state index contributed by atoms with van der Waals surface area (Å²) < 4.78 is 4.92. The minimum Gasteiger partial charge on any atom is -0.468 e. The lowest BCUT2D eigenvalue weighted by Gasteiger charge is -2.29. The first kappa shape index (κ1) is 20.4. The molecule has 0 spiro atoms. The fourth-order valence-corrected chi connectivity index (χ4v) is 2.80. The summed E-state index contributed by atoms with van der Waals surface area (Å²) >= 11 is 0. The van der Waals surface area contributed by atoms with Gasteiger partial charge in [-0.25, -0.2) is 0 Å². The number of likely N-dealkylation sites (N-methyl/N-ethyl adjacent to an activating group) is 1. The van der Waals surface area contributed by atoms with E-state index in [4.69, 9.17) is 4.74 Å². The molecule has 4 nitrogen and oxygen atoms in total. The van der Waals surface area contributed by atoms with E-state index < -0.39 is 5.54 Å². The molecule has 0 aromatic carbocycles. The Balaban J connectivity index is 4.13. The molecule has 0 aliphatic heterocycles. The number of carbonyl (C=O) groups is 1. The average Bonchev–Trinajstić information content (AvgIpc) is 2.41. The van der Waals surface area contributed by atoms with Crippen LogP contribution in [0.2, 0.25) is 0 Å². The fourth-order valence-electron chi connectivity index (χ4n) is 2.80. The minimum atomic E-state index is -0.550. The molecule has 0 radical (unpaired) electrons. The van der Waals surface area contributed by atoms with Crippen molar-refractivity contribution in [2.75, 3.05) is 27.2 Å². The summed E-state index contributed by atoms with van der Waals surface area (Å²) in [6, 6.07) is 0.616. The summed E-state index contributed by atoms with van der Waals surface area (Å²) in [5.74, 6) is 0.574.